The van der Waals surface area contributed by atoms with Gasteiger partial charge in [-0.3, -0.25) is 0 Å². The van der Waals surface area contributed by atoms with E-state index in [1.54, 1.807) is 26.9 Å². The van der Waals surface area contributed by atoms with Crippen LogP contribution in [-0.4, -0.2) is 40.6 Å². The molecule has 3 nitrogen and oxygen atoms in total. The summed E-state index contributed by atoms with van der Waals surface area (Å²) in [5.41, 5.74) is 1.56. The van der Waals surface area contributed by atoms with E-state index >= 15 is 0 Å². The Morgan fingerprint density at radius 2 is 1.86 bits per heavy atom. The van der Waals surface area contributed by atoms with Gasteiger partial charge in [-0.2, -0.15) is 11.8 Å². The minimum absolute atomic E-state index is 0.342. The average Bonchev–Trinajstić information content (AvgIpc) is 2.49. The number of hydrogen-bond donors (Lipinski definition) is 0. The third-order valence-electron chi connectivity index (χ3n) is 4.66. The molecule has 1 unspecified atom stereocenters. The molecule has 1 atom stereocenters. The molecule has 0 aromatic heterocycles. The fraction of sp³-hybridized carbons (Fsp3) is 0.875. The van der Waals surface area contributed by atoms with Crippen LogP contribution in [0.3, 0.4) is 0 Å². The van der Waals surface area contributed by atoms with E-state index in [0.717, 1.165) is 24.1 Å². The van der Waals surface area contributed by atoms with Crippen molar-refractivity contribution < 1.29 is 13.3 Å². The average molecular weight is 333 g/mol. The molecule has 0 saturated heterocycles. The Balaban J connectivity index is 2.37. The lowest BCUT2D eigenvalue weighted by Gasteiger charge is -2.36. The zero-order valence-electron chi connectivity index (χ0n) is 14.5. The molecule has 1 aliphatic rings. The summed E-state index contributed by atoms with van der Waals surface area (Å²) in [7, 11) is 2.68. The maximum absolute atomic E-state index is 5.47. The van der Waals surface area contributed by atoms with E-state index in [1.165, 1.54) is 19.3 Å². The number of rotatable bonds is 9. The minimum atomic E-state index is -2.39. The molecular formula is C16H32O3SSi. The van der Waals surface area contributed by atoms with Crippen LogP contribution in [-0.2, 0) is 13.3 Å². The van der Waals surface area contributed by atoms with Crippen molar-refractivity contribution in [2.45, 2.75) is 57.2 Å². The Hall–Kier alpha value is 0.187. The van der Waals surface area contributed by atoms with E-state index in [2.05, 4.69) is 38.6 Å². The maximum Gasteiger partial charge on any atom is 0.500 e. The molecule has 0 N–H and O–H groups in total. The third-order valence-corrected chi connectivity index (χ3v) is 9.06. The summed E-state index contributed by atoms with van der Waals surface area (Å²) in [5, 5.41) is 0. The predicted molar refractivity (Wildman–Crippen MR) is 93.8 cm³/mol. The Morgan fingerprint density at radius 1 is 1.24 bits per heavy atom. The molecule has 5 heteroatoms. The topological polar surface area (TPSA) is 27.7 Å². The molecule has 0 radical (unpaired) electrons. The first kappa shape index (κ1) is 19.2. The molecule has 0 aromatic rings. The molecule has 0 spiro atoms. The largest absolute Gasteiger partial charge is 0.500 e. The van der Waals surface area contributed by atoms with Crippen molar-refractivity contribution in [3.05, 3.63) is 11.6 Å². The van der Waals surface area contributed by atoms with Crippen LogP contribution in [0.25, 0.3) is 0 Å². The van der Waals surface area contributed by atoms with Gasteiger partial charge in [0.15, 0.2) is 0 Å². The molecule has 0 bridgehead atoms. The first-order valence-electron chi connectivity index (χ1n) is 7.84. The van der Waals surface area contributed by atoms with Crippen LogP contribution >= 0.6 is 11.8 Å². The lowest BCUT2D eigenvalue weighted by atomic mass is 9.82. The van der Waals surface area contributed by atoms with E-state index in [9.17, 15) is 0 Å². The molecule has 0 fully saturated rings. The molecule has 0 aliphatic heterocycles. The summed E-state index contributed by atoms with van der Waals surface area (Å²) in [6.07, 6.45) is 7.34. The summed E-state index contributed by atoms with van der Waals surface area (Å²) in [4.78, 5) is 0. The standard InChI is InChI=1S/C16H32O3SSi/c1-14-8-10-15(11-9-14)16(2,3)20-12-7-13-21(17-4,18-5)19-6/h8,15H,7,9-13H2,1-6H3. The van der Waals surface area contributed by atoms with Gasteiger partial charge in [-0.1, -0.05) is 25.5 Å². The van der Waals surface area contributed by atoms with Crippen LogP contribution in [0.1, 0.15) is 46.5 Å². The van der Waals surface area contributed by atoms with Crippen LogP contribution in [0.2, 0.25) is 6.04 Å². The number of hydrogen-bond acceptors (Lipinski definition) is 4. The van der Waals surface area contributed by atoms with Crippen molar-refractivity contribution in [2.24, 2.45) is 5.92 Å². The summed E-state index contributed by atoms with van der Waals surface area (Å²) in [5.74, 6) is 1.93. The molecule has 1 aliphatic carbocycles. The first-order valence-corrected chi connectivity index (χ1v) is 10.8. The summed E-state index contributed by atoms with van der Waals surface area (Å²) in [6.45, 7) is 7.04. The van der Waals surface area contributed by atoms with Crippen molar-refractivity contribution in [1.82, 2.24) is 0 Å². The fourth-order valence-electron chi connectivity index (χ4n) is 2.89. The lowest BCUT2D eigenvalue weighted by molar-refractivity contribution is 0.123. The Morgan fingerprint density at radius 3 is 2.33 bits per heavy atom. The zero-order valence-corrected chi connectivity index (χ0v) is 16.3. The van der Waals surface area contributed by atoms with Crippen LogP contribution in [0.4, 0.5) is 0 Å². The highest BCUT2D eigenvalue weighted by molar-refractivity contribution is 8.00. The SMILES string of the molecule is CO[Si](CCCSC(C)(C)C1CC=C(C)CC1)(OC)OC. The second-order valence-corrected chi connectivity index (χ2v) is 11.2. The summed E-state index contributed by atoms with van der Waals surface area (Å²) in [6, 6.07) is 0.892. The molecule has 1 rings (SSSR count). The summed E-state index contributed by atoms with van der Waals surface area (Å²) >= 11 is 2.08. The normalized spacial score (nSPS) is 20.5. The van der Waals surface area contributed by atoms with E-state index in [1.807, 2.05) is 0 Å². The molecule has 0 aromatic carbocycles. The van der Waals surface area contributed by atoms with Gasteiger partial charge in [-0.05, 0) is 44.3 Å². The number of thioether (sulfide) groups is 1. The highest BCUT2D eigenvalue weighted by Crippen LogP contribution is 2.41. The Labute approximate surface area is 136 Å². The fourth-order valence-corrected chi connectivity index (χ4v) is 6.14. The first-order chi connectivity index (χ1) is 9.89. The highest BCUT2D eigenvalue weighted by Gasteiger charge is 2.37. The van der Waals surface area contributed by atoms with Crippen LogP contribution in [0, 0.1) is 5.92 Å². The molecule has 21 heavy (non-hydrogen) atoms. The molecule has 124 valence electrons. The molecular weight excluding hydrogens is 300 g/mol. The molecule has 0 saturated carbocycles. The maximum atomic E-state index is 5.47. The smallest absolute Gasteiger partial charge is 0.377 e. The minimum Gasteiger partial charge on any atom is -0.377 e. The summed E-state index contributed by atoms with van der Waals surface area (Å²) < 4.78 is 16.8. The van der Waals surface area contributed by atoms with Gasteiger partial charge in [0, 0.05) is 32.1 Å². The van der Waals surface area contributed by atoms with Crippen molar-refractivity contribution in [2.75, 3.05) is 27.1 Å². The van der Waals surface area contributed by atoms with Crippen LogP contribution < -0.4 is 0 Å². The monoisotopic (exact) mass is 332 g/mol. The predicted octanol–water partition coefficient (Wildman–Crippen LogP) is 4.51. The van der Waals surface area contributed by atoms with Gasteiger partial charge in [0.2, 0.25) is 0 Å². The number of allylic oxidation sites excluding steroid dienone is 2. The quantitative estimate of drug-likeness (QED) is 0.353. The second-order valence-electron chi connectivity index (χ2n) is 6.37. The van der Waals surface area contributed by atoms with Crippen LogP contribution in [0.15, 0.2) is 11.6 Å². The van der Waals surface area contributed by atoms with Crippen LogP contribution in [0.5, 0.6) is 0 Å². The van der Waals surface area contributed by atoms with Gasteiger partial charge >= 0.3 is 8.80 Å². The Bertz CT molecular complexity index is 332. The van der Waals surface area contributed by atoms with E-state index < -0.39 is 8.80 Å². The zero-order chi connectivity index (χ0) is 15.9. The van der Waals surface area contributed by atoms with E-state index in [0.29, 0.717) is 4.75 Å². The highest BCUT2D eigenvalue weighted by atomic mass is 32.2. The van der Waals surface area contributed by atoms with Crippen molar-refractivity contribution in [3.63, 3.8) is 0 Å². The Kier molecular flexibility index (Phi) is 7.99. The lowest BCUT2D eigenvalue weighted by Crippen LogP contribution is -2.42. The van der Waals surface area contributed by atoms with Crippen molar-refractivity contribution >= 4 is 20.6 Å². The van der Waals surface area contributed by atoms with E-state index in [-0.39, 0.29) is 0 Å². The van der Waals surface area contributed by atoms with Gasteiger partial charge in [0.1, 0.15) is 0 Å². The van der Waals surface area contributed by atoms with Gasteiger partial charge in [0.05, 0.1) is 0 Å². The van der Waals surface area contributed by atoms with Gasteiger partial charge in [0.25, 0.3) is 0 Å². The second kappa shape index (κ2) is 8.72. The molecule has 0 heterocycles. The van der Waals surface area contributed by atoms with Crippen molar-refractivity contribution in [3.8, 4) is 0 Å². The van der Waals surface area contributed by atoms with E-state index in [4.69, 9.17) is 13.3 Å². The van der Waals surface area contributed by atoms with Crippen molar-refractivity contribution in [1.29, 1.82) is 0 Å². The van der Waals surface area contributed by atoms with Gasteiger partial charge < -0.3 is 13.3 Å². The van der Waals surface area contributed by atoms with Gasteiger partial charge in [-0.25, -0.2) is 0 Å². The van der Waals surface area contributed by atoms with Gasteiger partial charge in [-0.15, -0.1) is 0 Å². The third kappa shape index (κ3) is 5.71. The molecule has 0 amide bonds.